The van der Waals surface area contributed by atoms with Crippen LogP contribution in [-0.2, 0) is 18.4 Å². The molecule has 9 heteroatoms. The highest BCUT2D eigenvalue weighted by molar-refractivity contribution is 7.47. The van der Waals surface area contributed by atoms with E-state index in [2.05, 4.69) is 55.6 Å². The lowest BCUT2D eigenvalue weighted by atomic mass is 10.0. The summed E-state index contributed by atoms with van der Waals surface area (Å²) in [6.45, 7) is 4.77. The summed E-state index contributed by atoms with van der Waals surface area (Å²) in [6.07, 6.45) is 71.3. The van der Waals surface area contributed by atoms with Crippen LogP contribution in [0.3, 0.4) is 0 Å². The first-order valence-electron chi connectivity index (χ1n) is 30.5. The van der Waals surface area contributed by atoms with E-state index in [4.69, 9.17) is 9.05 Å². The monoisotopic (exact) mass is 1020 g/mol. The maximum atomic E-state index is 12.9. The minimum Gasteiger partial charge on any atom is -0.387 e. The molecule has 0 fully saturated rings. The quantitative estimate of drug-likeness (QED) is 0.0243. The predicted molar refractivity (Wildman–Crippen MR) is 309 cm³/mol. The first-order chi connectivity index (χ1) is 34.5. The molecule has 0 spiro atoms. The van der Waals surface area contributed by atoms with Gasteiger partial charge in [0.25, 0.3) is 0 Å². The molecule has 0 radical (unpaired) electrons. The van der Waals surface area contributed by atoms with Crippen molar-refractivity contribution >= 4 is 13.7 Å². The zero-order valence-electron chi connectivity index (χ0n) is 47.7. The molecule has 3 N–H and O–H groups in total. The molecule has 8 nitrogen and oxygen atoms in total. The first-order valence-corrected chi connectivity index (χ1v) is 32.0. The zero-order valence-corrected chi connectivity index (χ0v) is 48.6. The van der Waals surface area contributed by atoms with Gasteiger partial charge in [-0.1, -0.05) is 274 Å². The third-order valence-electron chi connectivity index (χ3n) is 13.8. The molecule has 0 bridgehead atoms. The topological polar surface area (TPSA) is 105 Å². The summed E-state index contributed by atoms with van der Waals surface area (Å²) >= 11 is 0. The highest BCUT2D eigenvalue weighted by atomic mass is 31.2. The number of carbonyl (C=O) groups excluding carboxylic acids is 1. The normalized spacial score (nSPS) is 14.2. The van der Waals surface area contributed by atoms with E-state index in [9.17, 15) is 19.4 Å². The molecule has 418 valence electrons. The smallest absolute Gasteiger partial charge is 0.387 e. The van der Waals surface area contributed by atoms with Crippen molar-refractivity contribution in [1.82, 2.24) is 5.32 Å². The van der Waals surface area contributed by atoms with Gasteiger partial charge in [0.2, 0.25) is 5.91 Å². The van der Waals surface area contributed by atoms with Crippen LogP contribution < -0.4 is 5.32 Å². The average Bonchev–Trinajstić information content (AvgIpc) is 3.33. The second kappa shape index (κ2) is 53.3. The third-order valence-corrected chi connectivity index (χ3v) is 14.8. The van der Waals surface area contributed by atoms with Crippen molar-refractivity contribution in [2.24, 2.45) is 0 Å². The number of aliphatic hydroxyl groups excluding tert-OH is 1. The minimum absolute atomic E-state index is 0.0625. The zero-order chi connectivity index (χ0) is 52.0. The van der Waals surface area contributed by atoms with Gasteiger partial charge in [-0.15, -0.1) is 0 Å². The van der Waals surface area contributed by atoms with E-state index < -0.39 is 20.0 Å². The number of rotatable bonds is 56. The fourth-order valence-corrected chi connectivity index (χ4v) is 9.73. The van der Waals surface area contributed by atoms with Gasteiger partial charge in [0.05, 0.1) is 39.9 Å². The summed E-state index contributed by atoms with van der Waals surface area (Å²) in [5.74, 6) is -0.176. The lowest BCUT2D eigenvalue weighted by Gasteiger charge is -2.25. The molecular weight excluding hydrogens is 900 g/mol. The van der Waals surface area contributed by atoms with Gasteiger partial charge in [0.1, 0.15) is 13.2 Å². The number of nitrogens with zero attached hydrogens (tertiary/aromatic N) is 1. The van der Waals surface area contributed by atoms with Gasteiger partial charge in [-0.25, -0.2) is 4.57 Å². The van der Waals surface area contributed by atoms with E-state index in [1.54, 1.807) is 6.08 Å². The highest BCUT2D eigenvalue weighted by Crippen LogP contribution is 2.43. The molecular formula is C62H120N2O6P+. The number of quaternary nitrogens is 1. The molecule has 0 heterocycles. The fraction of sp³-hybridized carbons (Fsp3) is 0.855. The molecule has 0 aliphatic rings. The van der Waals surface area contributed by atoms with E-state index in [-0.39, 0.29) is 19.1 Å². The Hall–Kier alpha value is -1.54. The summed E-state index contributed by atoms with van der Waals surface area (Å²) in [5, 5.41) is 13.8. The Morgan fingerprint density at radius 3 is 1.17 bits per heavy atom. The number of likely N-dealkylation sites (N-methyl/N-ethyl adjacent to an activating group) is 1. The number of hydrogen-bond acceptors (Lipinski definition) is 5. The van der Waals surface area contributed by atoms with E-state index in [1.165, 1.54) is 218 Å². The molecule has 3 atom stereocenters. The lowest BCUT2D eigenvalue weighted by Crippen LogP contribution is -2.45. The third kappa shape index (κ3) is 56.0. The molecule has 1 amide bonds. The van der Waals surface area contributed by atoms with Crippen molar-refractivity contribution in [2.45, 2.75) is 302 Å². The van der Waals surface area contributed by atoms with E-state index in [0.29, 0.717) is 17.4 Å². The van der Waals surface area contributed by atoms with Crippen molar-refractivity contribution in [3.8, 4) is 0 Å². The van der Waals surface area contributed by atoms with Gasteiger partial charge in [-0.3, -0.25) is 13.8 Å². The Morgan fingerprint density at radius 1 is 0.479 bits per heavy atom. The number of aliphatic hydroxyl groups is 1. The van der Waals surface area contributed by atoms with Crippen LogP contribution in [0.25, 0.3) is 0 Å². The van der Waals surface area contributed by atoms with Gasteiger partial charge in [0.15, 0.2) is 0 Å². The molecule has 0 aromatic rings. The Morgan fingerprint density at radius 2 is 0.803 bits per heavy atom. The summed E-state index contributed by atoms with van der Waals surface area (Å²) in [5.41, 5.74) is 0. The van der Waals surface area contributed by atoms with E-state index in [1.807, 2.05) is 27.2 Å². The van der Waals surface area contributed by atoms with Crippen molar-refractivity contribution in [3.63, 3.8) is 0 Å². The van der Waals surface area contributed by atoms with Crippen LogP contribution in [0.1, 0.15) is 290 Å². The van der Waals surface area contributed by atoms with Gasteiger partial charge in [-0.2, -0.15) is 0 Å². The first kappa shape index (κ1) is 69.5. The molecule has 0 aliphatic heterocycles. The summed E-state index contributed by atoms with van der Waals surface area (Å²) in [6, 6.07) is -0.842. The Kier molecular flexibility index (Phi) is 52.1. The molecule has 0 saturated heterocycles. The number of phosphoric acid groups is 1. The summed E-state index contributed by atoms with van der Waals surface area (Å²) in [4.78, 5) is 23.1. The van der Waals surface area contributed by atoms with Crippen LogP contribution in [0.5, 0.6) is 0 Å². The SMILES string of the molecule is CCCCCCC/C=C\C/C=C\C/C=C\CCCCCCCCCCCCCCCCCCCCCCCCCCCCC(=O)NC(COP(=O)(O)OCC[N+](C)(C)C)C(O)/C=C/CCCCCCCC. The van der Waals surface area contributed by atoms with Crippen LogP contribution >= 0.6 is 7.82 Å². The van der Waals surface area contributed by atoms with Crippen LogP contribution in [0.4, 0.5) is 0 Å². The average molecular weight is 1020 g/mol. The van der Waals surface area contributed by atoms with Crippen LogP contribution in [-0.4, -0.2) is 73.4 Å². The molecule has 71 heavy (non-hydrogen) atoms. The fourth-order valence-electron chi connectivity index (χ4n) is 8.99. The van der Waals surface area contributed by atoms with Crippen molar-refractivity contribution in [1.29, 1.82) is 0 Å². The molecule has 0 aliphatic carbocycles. The number of hydrogen-bond donors (Lipinski definition) is 3. The molecule has 0 rings (SSSR count). The lowest BCUT2D eigenvalue weighted by molar-refractivity contribution is -0.870. The van der Waals surface area contributed by atoms with Crippen molar-refractivity contribution in [3.05, 3.63) is 48.6 Å². The highest BCUT2D eigenvalue weighted by Gasteiger charge is 2.27. The molecule has 0 aromatic heterocycles. The Bertz CT molecular complexity index is 1290. The molecule has 3 unspecified atom stereocenters. The number of allylic oxidation sites excluding steroid dienone is 7. The number of nitrogens with one attached hydrogen (secondary N) is 1. The Balaban J connectivity index is 3.74. The number of unbranched alkanes of at least 4 members (excludes halogenated alkanes) is 37. The van der Waals surface area contributed by atoms with E-state index >= 15 is 0 Å². The van der Waals surface area contributed by atoms with Gasteiger partial charge < -0.3 is 19.8 Å². The van der Waals surface area contributed by atoms with Gasteiger partial charge in [-0.05, 0) is 57.8 Å². The maximum Gasteiger partial charge on any atom is 0.472 e. The summed E-state index contributed by atoms with van der Waals surface area (Å²) < 4.78 is 23.6. The van der Waals surface area contributed by atoms with E-state index in [0.717, 1.165) is 51.4 Å². The molecule has 0 aromatic carbocycles. The van der Waals surface area contributed by atoms with Crippen LogP contribution in [0.2, 0.25) is 0 Å². The number of phosphoric ester groups is 1. The van der Waals surface area contributed by atoms with Gasteiger partial charge in [0, 0.05) is 6.42 Å². The van der Waals surface area contributed by atoms with Crippen molar-refractivity contribution in [2.75, 3.05) is 40.9 Å². The number of carbonyl (C=O) groups is 1. The molecule has 0 saturated carbocycles. The second-order valence-corrected chi connectivity index (χ2v) is 23.5. The van der Waals surface area contributed by atoms with Crippen LogP contribution in [0, 0.1) is 0 Å². The summed E-state index contributed by atoms with van der Waals surface area (Å²) in [7, 11) is 1.58. The van der Waals surface area contributed by atoms with Crippen LogP contribution in [0.15, 0.2) is 48.6 Å². The standard InChI is InChI=1S/C62H119N2O6P/c1-6-8-10-12-14-16-17-18-19-20-21-22-23-24-25-26-27-28-29-30-31-32-33-34-35-36-37-38-39-40-41-42-43-44-45-46-47-48-50-52-54-56-62(66)63-60(59-70-71(67,68)69-58-57-64(3,4)5)61(65)55-53-51-49-15-13-11-9-7-2/h17-18,20-21,23-24,53,55,60-61,65H,6-16,19,22,25-52,54,56-59H2,1-5H3,(H-,63,66,67,68)/p+1/b18-17-,21-20-,24-23-,55-53+. The minimum atomic E-state index is -4.33. The Labute approximate surface area is 441 Å². The predicted octanol–water partition coefficient (Wildman–Crippen LogP) is 18.7. The largest absolute Gasteiger partial charge is 0.472 e. The maximum absolute atomic E-state index is 12.9. The number of amides is 1. The van der Waals surface area contributed by atoms with Gasteiger partial charge >= 0.3 is 7.82 Å². The second-order valence-electron chi connectivity index (χ2n) is 22.1. The van der Waals surface area contributed by atoms with Crippen molar-refractivity contribution < 1.29 is 32.9 Å².